The van der Waals surface area contributed by atoms with Crippen molar-refractivity contribution in [3.63, 3.8) is 0 Å². The van der Waals surface area contributed by atoms with Crippen LogP contribution in [-0.2, 0) is 4.79 Å². The first-order chi connectivity index (χ1) is 6.74. The van der Waals surface area contributed by atoms with Gasteiger partial charge < -0.3 is 5.11 Å². The molecule has 3 aliphatic rings. The zero-order valence-electron chi connectivity index (χ0n) is 8.35. The van der Waals surface area contributed by atoms with Crippen molar-refractivity contribution in [2.75, 3.05) is 13.1 Å². The van der Waals surface area contributed by atoms with Crippen LogP contribution in [0.3, 0.4) is 0 Å². The number of hydrogen-bond donors (Lipinski definition) is 1. The molecule has 2 aliphatic carbocycles. The molecule has 78 valence electrons. The van der Waals surface area contributed by atoms with Crippen LogP contribution in [0.15, 0.2) is 0 Å². The molecule has 1 heterocycles. The molecule has 3 nitrogen and oxygen atoms in total. The third-order valence-electron chi connectivity index (χ3n) is 4.43. The molecule has 1 saturated heterocycles. The summed E-state index contributed by atoms with van der Waals surface area (Å²) in [5.74, 6) is 1.18. The summed E-state index contributed by atoms with van der Waals surface area (Å²) < 4.78 is 0. The van der Waals surface area contributed by atoms with Gasteiger partial charge in [-0.2, -0.15) is 0 Å². The van der Waals surface area contributed by atoms with E-state index in [4.69, 9.17) is 5.11 Å². The molecule has 0 aromatic rings. The molecule has 3 rings (SSSR count). The second-order valence-corrected chi connectivity index (χ2v) is 5.23. The molecule has 3 fully saturated rings. The number of likely N-dealkylation sites (tertiary alicyclic amines) is 1. The first-order valence-electron chi connectivity index (χ1n) is 5.71. The van der Waals surface area contributed by atoms with Gasteiger partial charge in [0.2, 0.25) is 0 Å². The molecule has 3 heteroatoms. The minimum atomic E-state index is -0.607. The Morgan fingerprint density at radius 3 is 2.50 bits per heavy atom. The zero-order valence-corrected chi connectivity index (χ0v) is 8.35. The average Bonchev–Trinajstić information content (AvgIpc) is 2.60. The maximum absolute atomic E-state index is 10.7. The third kappa shape index (κ3) is 1.18. The van der Waals surface area contributed by atoms with Crippen LogP contribution in [0.2, 0.25) is 0 Å². The molecule has 14 heavy (non-hydrogen) atoms. The van der Waals surface area contributed by atoms with Crippen LogP contribution in [0.4, 0.5) is 0 Å². The topological polar surface area (TPSA) is 40.5 Å². The van der Waals surface area contributed by atoms with E-state index < -0.39 is 5.97 Å². The fraction of sp³-hybridized carbons (Fsp3) is 0.909. The summed E-state index contributed by atoms with van der Waals surface area (Å²) in [6.07, 6.45) is 5.58. The van der Waals surface area contributed by atoms with Gasteiger partial charge in [-0.1, -0.05) is 6.42 Å². The van der Waals surface area contributed by atoms with Gasteiger partial charge in [-0.15, -0.1) is 0 Å². The lowest BCUT2D eigenvalue weighted by Crippen LogP contribution is -2.56. The number of rotatable bonds is 2. The summed E-state index contributed by atoms with van der Waals surface area (Å²) in [4.78, 5) is 13.1. The molecule has 2 saturated carbocycles. The summed E-state index contributed by atoms with van der Waals surface area (Å²) in [5.41, 5.74) is 0. The van der Waals surface area contributed by atoms with Crippen molar-refractivity contribution in [1.29, 1.82) is 0 Å². The van der Waals surface area contributed by atoms with E-state index in [-0.39, 0.29) is 5.92 Å². The Balaban J connectivity index is 1.57. The number of aliphatic carboxylic acids is 1. The van der Waals surface area contributed by atoms with Crippen LogP contribution in [-0.4, -0.2) is 35.1 Å². The van der Waals surface area contributed by atoms with E-state index in [0.717, 1.165) is 31.0 Å². The van der Waals surface area contributed by atoms with Crippen LogP contribution < -0.4 is 0 Å². The summed E-state index contributed by atoms with van der Waals surface area (Å²) in [6.45, 7) is 1.62. The molecule has 1 N–H and O–H groups in total. The lowest BCUT2D eigenvalue weighted by Gasteiger charge is -2.44. The largest absolute Gasteiger partial charge is 0.481 e. The van der Waals surface area contributed by atoms with Crippen LogP contribution >= 0.6 is 0 Å². The summed E-state index contributed by atoms with van der Waals surface area (Å²) in [5, 5.41) is 8.80. The second-order valence-electron chi connectivity index (χ2n) is 5.23. The molecular weight excluding hydrogens is 178 g/mol. The number of fused-ring (bicyclic) bond motifs is 2. The molecule has 0 amide bonds. The average molecular weight is 195 g/mol. The molecule has 0 spiro atoms. The van der Waals surface area contributed by atoms with E-state index >= 15 is 0 Å². The molecule has 0 radical (unpaired) electrons. The van der Waals surface area contributed by atoms with Crippen molar-refractivity contribution >= 4 is 5.97 Å². The Morgan fingerprint density at radius 1 is 1.21 bits per heavy atom. The van der Waals surface area contributed by atoms with Crippen molar-refractivity contribution in [2.24, 2.45) is 17.8 Å². The van der Waals surface area contributed by atoms with Gasteiger partial charge in [0.1, 0.15) is 0 Å². The summed E-state index contributed by atoms with van der Waals surface area (Å²) in [6, 6.07) is 0.740. The predicted octanol–water partition coefficient (Wildman–Crippen LogP) is 1.19. The van der Waals surface area contributed by atoms with Crippen LogP contribution in [0.5, 0.6) is 0 Å². The number of carbonyl (C=O) groups is 1. The van der Waals surface area contributed by atoms with Gasteiger partial charge in [-0.05, 0) is 31.1 Å². The Labute approximate surface area is 84.1 Å². The van der Waals surface area contributed by atoms with Gasteiger partial charge in [0.25, 0.3) is 0 Å². The van der Waals surface area contributed by atoms with E-state index in [0.29, 0.717) is 0 Å². The van der Waals surface area contributed by atoms with Crippen LogP contribution in [0.1, 0.15) is 25.7 Å². The molecule has 3 unspecified atom stereocenters. The third-order valence-corrected chi connectivity index (χ3v) is 4.43. The standard InChI is InChI=1S/C11H17NO2/c13-11(14)9-5-12(6-9)10-4-7-1-2-8(10)3-7/h7-10H,1-6H2,(H,13,14). The molecule has 1 aliphatic heterocycles. The normalized spacial score (nSPS) is 42.7. The van der Waals surface area contributed by atoms with E-state index in [1.54, 1.807) is 0 Å². The fourth-order valence-electron chi connectivity index (χ4n) is 3.60. The maximum atomic E-state index is 10.7. The lowest BCUT2D eigenvalue weighted by atomic mass is 9.89. The van der Waals surface area contributed by atoms with Crippen molar-refractivity contribution in [3.8, 4) is 0 Å². The number of carboxylic acids is 1. The highest BCUT2D eigenvalue weighted by Crippen LogP contribution is 2.47. The van der Waals surface area contributed by atoms with E-state index in [2.05, 4.69) is 4.90 Å². The van der Waals surface area contributed by atoms with Crippen molar-refractivity contribution in [1.82, 2.24) is 4.90 Å². The molecule has 0 aromatic carbocycles. The second kappa shape index (κ2) is 2.96. The summed E-state index contributed by atoms with van der Waals surface area (Å²) in [7, 11) is 0. The SMILES string of the molecule is O=C(O)C1CN(C2CC3CCC2C3)C1. The fourth-order valence-corrected chi connectivity index (χ4v) is 3.60. The van der Waals surface area contributed by atoms with Crippen molar-refractivity contribution in [3.05, 3.63) is 0 Å². The predicted molar refractivity (Wildman–Crippen MR) is 51.9 cm³/mol. The van der Waals surface area contributed by atoms with Gasteiger partial charge in [-0.3, -0.25) is 9.69 Å². The first kappa shape index (κ1) is 8.72. The Kier molecular flexibility index (Phi) is 1.84. The van der Waals surface area contributed by atoms with E-state index in [1.165, 1.54) is 25.7 Å². The Morgan fingerprint density at radius 2 is 2.00 bits per heavy atom. The van der Waals surface area contributed by atoms with Crippen LogP contribution in [0.25, 0.3) is 0 Å². The quantitative estimate of drug-likeness (QED) is 0.719. The highest BCUT2D eigenvalue weighted by Gasteiger charge is 2.46. The van der Waals surface area contributed by atoms with Gasteiger partial charge >= 0.3 is 5.97 Å². The number of nitrogens with zero attached hydrogens (tertiary/aromatic N) is 1. The molecule has 3 atom stereocenters. The van der Waals surface area contributed by atoms with Crippen molar-refractivity contribution in [2.45, 2.75) is 31.7 Å². The maximum Gasteiger partial charge on any atom is 0.309 e. The Hall–Kier alpha value is -0.570. The van der Waals surface area contributed by atoms with E-state index in [1.807, 2.05) is 0 Å². The molecular formula is C11H17NO2. The smallest absolute Gasteiger partial charge is 0.309 e. The number of hydrogen-bond acceptors (Lipinski definition) is 2. The minimum Gasteiger partial charge on any atom is -0.481 e. The van der Waals surface area contributed by atoms with Gasteiger partial charge in [0.15, 0.2) is 0 Å². The van der Waals surface area contributed by atoms with Gasteiger partial charge in [0, 0.05) is 19.1 Å². The van der Waals surface area contributed by atoms with Crippen LogP contribution in [0, 0.1) is 17.8 Å². The minimum absolute atomic E-state index is 0.0749. The Bertz CT molecular complexity index is 260. The number of carboxylic acid groups (broad SMARTS) is 1. The van der Waals surface area contributed by atoms with Crippen molar-refractivity contribution < 1.29 is 9.90 Å². The first-order valence-corrected chi connectivity index (χ1v) is 5.71. The summed E-state index contributed by atoms with van der Waals surface area (Å²) >= 11 is 0. The van der Waals surface area contributed by atoms with Gasteiger partial charge in [0.05, 0.1) is 5.92 Å². The molecule has 2 bridgehead atoms. The highest BCUT2D eigenvalue weighted by atomic mass is 16.4. The monoisotopic (exact) mass is 195 g/mol. The van der Waals surface area contributed by atoms with Gasteiger partial charge in [-0.25, -0.2) is 0 Å². The zero-order chi connectivity index (χ0) is 9.71. The highest BCUT2D eigenvalue weighted by molar-refractivity contribution is 5.71. The van der Waals surface area contributed by atoms with E-state index in [9.17, 15) is 4.79 Å². The lowest BCUT2D eigenvalue weighted by molar-refractivity contribution is -0.149. The molecule has 0 aromatic heterocycles.